The van der Waals surface area contributed by atoms with Crippen molar-refractivity contribution in [2.45, 2.75) is 6.10 Å². The van der Waals surface area contributed by atoms with E-state index in [2.05, 4.69) is 5.32 Å². The lowest BCUT2D eigenvalue weighted by Gasteiger charge is -2.35. The molecule has 3 rings (SSSR count). The first-order valence-electron chi connectivity index (χ1n) is 7.04. The number of rotatable bonds is 2. The molecule has 1 aliphatic rings. The zero-order valence-corrected chi connectivity index (χ0v) is 13.9. The maximum atomic E-state index is 13.3. The lowest BCUT2D eigenvalue weighted by molar-refractivity contribution is -0.124. The highest BCUT2D eigenvalue weighted by Gasteiger charge is 2.31. The minimum Gasteiger partial charge on any atom is -0.477 e. The number of carbonyl (C=O) groups excluding carboxylic acids is 1. The van der Waals surface area contributed by atoms with Crippen molar-refractivity contribution in [3.8, 4) is 5.75 Å². The SMILES string of the molecule is NC(=O)C1CN(C(=S)Nc2ccc(F)c(Cl)c2)c2ccccc2O1. The van der Waals surface area contributed by atoms with Gasteiger partial charge in [-0.15, -0.1) is 0 Å². The highest BCUT2D eigenvalue weighted by molar-refractivity contribution is 7.80. The molecule has 124 valence electrons. The number of nitrogens with zero attached hydrogens (tertiary/aromatic N) is 1. The van der Waals surface area contributed by atoms with Gasteiger partial charge in [-0.3, -0.25) is 4.79 Å². The molecule has 24 heavy (non-hydrogen) atoms. The maximum absolute atomic E-state index is 13.3. The Bertz CT molecular complexity index is 818. The van der Waals surface area contributed by atoms with Crippen LogP contribution in [0.25, 0.3) is 0 Å². The third kappa shape index (κ3) is 3.27. The Morgan fingerprint density at radius 3 is 2.83 bits per heavy atom. The van der Waals surface area contributed by atoms with Crippen LogP contribution in [0.4, 0.5) is 15.8 Å². The molecule has 3 N–H and O–H groups in total. The Morgan fingerprint density at radius 1 is 1.38 bits per heavy atom. The van der Waals surface area contributed by atoms with E-state index in [1.54, 1.807) is 17.0 Å². The van der Waals surface area contributed by atoms with Crippen molar-refractivity contribution >= 4 is 46.2 Å². The number of nitrogens with one attached hydrogen (secondary N) is 1. The molecule has 1 unspecified atom stereocenters. The molecule has 8 heteroatoms. The molecular weight excluding hydrogens is 353 g/mol. The van der Waals surface area contributed by atoms with Gasteiger partial charge in [-0.05, 0) is 42.5 Å². The first-order chi connectivity index (χ1) is 11.5. The second kappa shape index (κ2) is 6.62. The highest BCUT2D eigenvalue weighted by Crippen LogP contribution is 2.33. The molecule has 1 atom stereocenters. The van der Waals surface area contributed by atoms with Gasteiger partial charge in [-0.25, -0.2) is 4.39 Å². The monoisotopic (exact) mass is 365 g/mol. The van der Waals surface area contributed by atoms with E-state index in [9.17, 15) is 9.18 Å². The summed E-state index contributed by atoms with van der Waals surface area (Å²) in [6.07, 6.45) is -0.823. The lowest BCUT2D eigenvalue weighted by Crippen LogP contribution is -2.50. The summed E-state index contributed by atoms with van der Waals surface area (Å²) in [6.45, 7) is 0.174. The van der Waals surface area contributed by atoms with Crippen LogP contribution in [0.1, 0.15) is 0 Å². The van der Waals surface area contributed by atoms with E-state index >= 15 is 0 Å². The quantitative estimate of drug-likeness (QED) is 0.801. The number of hydrogen-bond acceptors (Lipinski definition) is 3. The second-order valence-electron chi connectivity index (χ2n) is 5.15. The minimum absolute atomic E-state index is 0.0137. The number of hydrogen-bond donors (Lipinski definition) is 2. The number of ether oxygens (including phenoxy) is 1. The Labute approximate surface area is 148 Å². The Morgan fingerprint density at radius 2 is 2.12 bits per heavy atom. The molecule has 5 nitrogen and oxygen atoms in total. The summed E-state index contributed by atoms with van der Waals surface area (Å²) in [6, 6.07) is 11.4. The van der Waals surface area contributed by atoms with E-state index in [0.717, 1.165) is 0 Å². The predicted octanol–water partition coefficient (Wildman–Crippen LogP) is 2.93. The molecule has 2 aromatic carbocycles. The number of amides is 1. The zero-order chi connectivity index (χ0) is 17.3. The molecule has 0 radical (unpaired) electrons. The molecule has 0 aliphatic carbocycles. The van der Waals surface area contributed by atoms with Gasteiger partial charge in [0.1, 0.15) is 11.6 Å². The number of halogens is 2. The number of carbonyl (C=O) groups is 1. The van der Waals surface area contributed by atoms with E-state index in [-0.39, 0.29) is 11.6 Å². The number of primary amides is 1. The Kier molecular flexibility index (Phi) is 4.55. The molecule has 0 bridgehead atoms. The summed E-state index contributed by atoms with van der Waals surface area (Å²) in [7, 11) is 0. The predicted molar refractivity (Wildman–Crippen MR) is 95.0 cm³/mol. The van der Waals surface area contributed by atoms with Gasteiger partial charge in [0.15, 0.2) is 11.2 Å². The first kappa shape index (κ1) is 16.5. The van der Waals surface area contributed by atoms with Crippen LogP contribution in [0.3, 0.4) is 0 Å². The maximum Gasteiger partial charge on any atom is 0.260 e. The van der Waals surface area contributed by atoms with Crippen molar-refractivity contribution in [3.05, 3.63) is 53.3 Å². The normalized spacial score (nSPS) is 16.1. The molecule has 0 spiro atoms. The Balaban J connectivity index is 1.87. The second-order valence-corrected chi connectivity index (χ2v) is 5.94. The fraction of sp³-hybridized carbons (Fsp3) is 0.125. The van der Waals surface area contributed by atoms with Crippen LogP contribution in [-0.2, 0) is 4.79 Å². The summed E-state index contributed by atoms with van der Waals surface area (Å²) in [5, 5.41) is 3.28. The smallest absolute Gasteiger partial charge is 0.260 e. The number of anilines is 2. The number of benzene rings is 2. The summed E-state index contributed by atoms with van der Waals surface area (Å²) in [4.78, 5) is 13.2. The van der Waals surface area contributed by atoms with Gasteiger partial charge in [-0.1, -0.05) is 23.7 Å². The van der Waals surface area contributed by atoms with Gasteiger partial charge in [0.25, 0.3) is 5.91 Å². The molecule has 0 fully saturated rings. The van der Waals surface area contributed by atoms with Crippen LogP contribution in [0, 0.1) is 5.82 Å². The van der Waals surface area contributed by atoms with Crippen LogP contribution in [0.2, 0.25) is 5.02 Å². The average molecular weight is 366 g/mol. The molecule has 1 amide bonds. The van der Waals surface area contributed by atoms with Gasteiger partial charge in [0, 0.05) is 5.69 Å². The van der Waals surface area contributed by atoms with Crippen LogP contribution < -0.4 is 20.7 Å². The standard InChI is InChI=1S/C16H13ClFN3O2S/c17-10-7-9(5-6-11(10)18)20-16(24)21-8-14(15(19)22)23-13-4-2-1-3-12(13)21/h1-7,14H,8H2,(H2,19,22)(H,20,24). The van der Waals surface area contributed by atoms with E-state index in [4.69, 9.17) is 34.3 Å². The molecule has 2 aromatic rings. The first-order valence-corrected chi connectivity index (χ1v) is 7.83. The van der Waals surface area contributed by atoms with Crippen molar-refractivity contribution in [1.82, 2.24) is 0 Å². The fourth-order valence-electron chi connectivity index (χ4n) is 2.34. The van der Waals surface area contributed by atoms with Gasteiger partial charge in [0.2, 0.25) is 0 Å². The topological polar surface area (TPSA) is 67.6 Å². The third-order valence-electron chi connectivity index (χ3n) is 3.51. The van der Waals surface area contributed by atoms with Crippen molar-refractivity contribution < 1.29 is 13.9 Å². The van der Waals surface area contributed by atoms with E-state index < -0.39 is 17.8 Å². The van der Waals surface area contributed by atoms with Gasteiger partial charge in [0.05, 0.1) is 17.3 Å². The molecule has 0 saturated carbocycles. The van der Waals surface area contributed by atoms with E-state index in [0.29, 0.717) is 22.2 Å². The van der Waals surface area contributed by atoms with E-state index in [1.165, 1.54) is 18.2 Å². The van der Waals surface area contributed by atoms with Gasteiger partial charge in [-0.2, -0.15) is 0 Å². The summed E-state index contributed by atoms with van der Waals surface area (Å²) in [5.74, 6) is -0.588. The average Bonchev–Trinajstić information content (AvgIpc) is 2.57. The van der Waals surface area contributed by atoms with Gasteiger partial charge >= 0.3 is 0 Å². The van der Waals surface area contributed by atoms with Crippen molar-refractivity contribution in [1.29, 1.82) is 0 Å². The summed E-state index contributed by atoms with van der Waals surface area (Å²) >= 11 is 11.2. The number of fused-ring (bicyclic) bond motifs is 1. The lowest BCUT2D eigenvalue weighted by atomic mass is 10.2. The molecule has 0 aromatic heterocycles. The number of nitrogens with two attached hydrogens (primary N) is 1. The highest BCUT2D eigenvalue weighted by atomic mass is 35.5. The minimum atomic E-state index is -0.823. The number of para-hydroxylation sites is 2. The molecule has 0 saturated heterocycles. The van der Waals surface area contributed by atoms with Crippen LogP contribution in [-0.4, -0.2) is 23.7 Å². The van der Waals surface area contributed by atoms with Crippen LogP contribution >= 0.6 is 23.8 Å². The fourth-order valence-corrected chi connectivity index (χ4v) is 2.81. The largest absolute Gasteiger partial charge is 0.477 e. The zero-order valence-electron chi connectivity index (χ0n) is 12.3. The molecular formula is C16H13ClFN3O2S. The van der Waals surface area contributed by atoms with Crippen molar-refractivity contribution in [2.24, 2.45) is 5.73 Å². The molecule has 1 heterocycles. The van der Waals surface area contributed by atoms with Crippen LogP contribution in [0.5, 0.6) is 5.75 Å². The van der Waals surface area contributed by atoms with Gasteiger partial charge < -0.3 is 20.7 Å². The van der Waals surface area contributed by atoms with Crippen LogP contribution in [0.15, 0.2) is 42.5 Å². The number of thiocarbonyl (C=S) groups is 1. The summed E-state index contributed by atoms with van der Waals surface area (Å²) < 4.78 is 18.8. The third-order valence-corrected chi connectivity index (χ3v) is 4.12. The van der Waals surface area contributed by atoms with Crippen molar-refractivity contribution in [2.75, 3.05) is 16.8 Å². The molecule has 1 aliphatic heterocycles. The Hall–Kier alpha value is -2.38. The summed E-state index contributed by atoms with van der Waals surface area (Å²) in [5.41, 5.74) is 6.60. The van der Waals surface area contributed by atoms with Crippen molar-refractivity contribution in [3.63, 3.8) is 0 Å². The van der Waals surface area contributed by atoms with E-state index in [1.807, 2.05) is 12.1 Å².